The first-order valence-electron chi connectivity index (χ1n) is 9.10. The smallest absolute Gasteiger partial charge is 0.339 e. The predicted octanol–water partition coefficient (Wildman–Crippen LogP) is 3.90. The number of nitrogens with one attached hydrogen (secondary N) is 1. The molecule has 0 aromatic carbocycles. The molecule has 0 bridgehead atoms. The minimum atomic E-state index is -0.448. The summed E-state index contributed by atoms with van der Waals surface area (Å²) in [5, 5.41) is 6.25. The van der Waals surface area contributed by atoms with Gasteiger partial charge in [-0.3, -0.25) is 4.79 Å². The quantitative estimate of drug-likeness (QED) is 0.611. The Hall–Kier alpha value is -2.52. The van der Waals surface area contributed by atoms with Crippen LogP contribution in [0.1, 0.15) is 51.4 Å². The van der Waals surface area contributed by atoms with Crippen LogP contribution in [-0.4, -0.2) is 28.5 Å². The fourth-order valence-electron chi connectivity index (χ4n) is 3.54. The molecule has 1 aliphatic rings. The number of esters is 1. The van der Waals surface area contributed by atoms with Gasteiger partial charge in [-0.05, 0) is 37.7 Å². The third kappa shape index (κ3) is 3.24. The number of fused-ring (bicyclic) bond motifs is 2. The Morgan fingerprint density at radius 2 is 2.21 bits per heavy atom. The van der Waals surface area contributed by atoms with E-state index in [0.717, 1.165) is 24.8 Å². The number of nitrogens with two attached hydrogens (primary N) is 1. The number of amides is 1. The predicted molar refractivity (Wildman–Crippen MR) is 111 cm³/mol. The van der Waals surface area contributed by atoms with Crippen LogP contribution >= 0.6 is 22.7 Å². The monoisotopic (exact) mass is 416 g/mol. The average molecular weight is 417 g/mol. The van der Waals surface area contributed by atoms with E-state index in [1.165, 1.54) is 33.9 Å². The number of rotatable bonds is 5. The standard InChI is InChI=1S/C19H20N4O3S2/c1-3-26-19(25)11-7-27-17-14(11)16(21-8-22-17)23-18-13(15(20)24)10-5-4-9(2)6-12(10)28-18/h7-9H,3-6H2,1-2H3,(H2,20,24)(H,21,22,23). The van der Waals surface area contributed by atoms with Crippen LogP contribution < -0.4 is 11.1 Å². The van der Waals surface area contributed by atoms with Crippen LogP contribution in [0.2, 0.25) is 0 Å². The van der Waals surface area contributed by atoms with Crippen LogP contribution in [0.25, 0.3) is 10.2 Å². The third-order valence-electron chi connectivity index (χ3n) is 4.86. The Balaban J connectivity index is 1.80. The van der Waals surface area contributed by atoms with E-state index >= 15 is 0 Å². The first-order chi connectivity index (χ1) is 13.5. The van der Waals surface area contributed by atoms with Gasteiger partial charge in [-0.15, -0.1) is 22.7 Å². The van der Waals surface area contributed by atoms with E-state index < -0.39 is 11.9 Å². The second kappa shape index (κ2) is 7.48. The van der Waals surface area contributed by atoms with E-state index in [2.05, 4.69) is 22.2 Å². The van der Waals surface area contributed by atoms with Gasteiger partial charge in [0, 0.05) is 10.3 Å². The van der Waals surface area contributed by atoms with Crippen molar-refractivity contribution >= 4 is 55.6 Å². The molecule has 1 unspecified atom stereocenters. The zero-order chi connectivity index (χ0) is 19.8. The molecular formula is C19H20N4O3S2. The molecule has 0 radical (unpaired) electrons. The molecule has 28 heavy (non-hydrogen) atoms. The normalized spacial score (nSPS) is 16.0. The topological polar surface area (TPSA) is 107 Å². The zero-order valence-corrected chi connectivity index (χ0v) is 17.2. The first kappa shape index (κ1) is 18.8. The van der Waals surface area contributed by atoms with Crippen molar-refractivity contribution in [1.82, 2.24) is 9.97 Å². The molecule has 3 aromatic rings. The number of carbonyl (C=O) groups excluding carboxylic acids is 2. The van der Waals surface area contributed by atoms with Crippen LogP contribution in [-0.2, 0) is 17.6 Å². The summed E-state index contributed by atoms with van der Waals surface area (Å²) in [6.07, 6.45) is 4.26. The Morgan fingerprint density at radius 3 is 2.96 bits per heavy atom. The summed E-state index contributed by atoms with van der Waals surface area (Å²) in [5.41, 5.74) is 7.70. The maximum absolute atomic E-state index is 12.3. The SMILES string of the molecule is CCOC(=O)c1csc2ncnc(Nc3sc4c(c3C(N)=O)CCC(C)C4)c12. The fourth-order valence-corrected chi connectivity index (χ4v) is 5.83. The van der Waals surface area contributed by atoms with Crippen molar-refractivity contribution in [3.8, 4) is 0 Å². The summed E-state index contributed by atoms with van der Waals surface area (Å²) >= 11 is 2.89. The lowest BCUT2D eigenvalue weighted by Gasteiger charge is -2.18. The number of thiophene rings is 2. The van der Waals surface area contributed by atoms with E-state index in [1.54, 1.807) is 12.3 Å². The Morgan fingerprint density at radius 1 is 1.39 bits per heavy atom. The highest BCUT2D eigenvalue weighted by atomic mass is 32.1. The Kier molecular flexibility index (Phi) is 5.03. The van der Waals surface area contributed by atoms with Gasteiger partial charge in [-0.25, -0.2) is 14.8 Å². The van der Waals surface area contributed by atoms with Crippen molar-refractivity contribution in [3.05, 3.63) is 33.3 Å². The fraction of sp³-hybridized carbons (Fsp3) is 0.368. The number of hydrogen-bond acceptors (Lipinski definition) is 8. The summed E-state index contributed by atoms with van der Waals surface area (Å²) in [5.74, 6) is 0.193. The number of carbonyl (C=O) groups is 2. The van der Waals surface area contributed by atoms with Gasteiger partial charge in [-0.1, -0.05) is 6.92 Å². The van der Waals surface area contributed by atoms with Crippen molar-refractivity contribution in [2.24, 2.45) is 11.7 Å². The van der Waals surface area contributed by atoms with E-state index in [0.29, 0.717) is 38.1 Å². The molecule has 4 rings (SSSR count). The van der Waals surface area contributed by atoms with Crippen molar-refractivity contribution in [3.63, 3.8) is 0 Å². The largest absolute Gasteiger partial charge is 0.462 e. The minimum absolute atomic E-state index is 0.286. The summed E-state index contributed by atoms with van der Waals surface area (Å²) in [6, 6.07) is 0. The molecule has 3 aromatic heterocycles. The molecule has 1 aliphatic carbocycles. The number of aromatic nitrogens is 2. The van der Waals surface area contributed by atoms with Gasteiger partial charge >= 0.3 is 5.97 Å². The molecule has 0 saturated carbocycles. The maximum Gasteiger partial charge on any atom is 0.339 e. The first-order valence-corrected chi connectivity index (χ1v) is 10.8. The molecule has 1 atom stereocenters. The van der Waals surface area contributed by atoms with Crippen LogP contribution in [0.15, 0.2) is 11.7 Å². The molecule has 9 heteroatoms. The molecular weight excluding hydrogens is 396 g/mol. The molecule has 0 fully saturated rings. The number of ether oxygens (including phenoxy) is 1. The highest BCUT2D eigenvalue weighted by molar-refractivity contribution is 7.17. The second-order valence-electron chi connectivity index (χ2n) is 6.82. The molecule has 7 nitrogen and oxygen atoms in total. The molecule has 0 spiro atoms. The molecule has 1 amide bonds. The van der Waals surface area contributed by atoms with Crippen molar-refractivity contribution in [1.29, 1.82) is 0 Å². The maximum atomic E-state index is 12.3. The molecule has 0 aliphatic heterocycles. The van der Waals surface area contributed by atoms with E-state index in [9.17, 15) is 9.59 Å². The van der Waals surface area contributed by atoms with E-state index in [-0.39, 0.29) is 6.61 Å². The lowest BCUT2D eigenvalue weighted by Crippen LogP contribution is -2.17. The minimum Gasteiger partial charge on any atom is -0.462 e. The second-order valence-corrected chi connectivity index (χ2v) is 8.78. The summed E-state index contributed by atoms with van der Waals surface area (Å²) in [7, 11) is 0. The average Bonchev–Trinajstić information content (AvgIpc) is 3.23. The highest BCUT2D eigenvalue weighted by Gasteiger charge is 2.27. The summed E-state index contributed by atoms with van der Waals surface area (Å²) in [6.45, 7) is 4.26. The molecule has 146 valence electrons. The van der Waals surface area contributed by atoms with Gasteiger partial charge in [0.2, 0.25) is 0 Å². The van der Waals surface area contributed by atoms with Gasteiger partial charge < -0.3 is 15.8 Å². The van der Waals surface area contributed by atoms with Gasteiger partial charge in [0.25, 0.3) is 5.91 Å². The van der Waals surface area contributed by atoms with Crippen molar-refractivity contribution in [2.45, 2.75) is 33.1 Å². The third-order valence-corrected chi connectivity index (χ3v) is 6.91. The molecule has 3 N–H and O–H groups in total. The van der Waals surface area contributed by atoms with Gasteiger partial charge in [0.15, 0.2) is 0 Å². The number of hydrogen-bond donors (Lipinski definition) is 2. The van der Waals surface area contributed by atoms with Crippen LogP contribution in [0.3, 0.4) is 0 Å². The number of primary amides is 1. The van der Waals surface area contributed by atoms with Crippen molar-refractivity contribution < 1.29 is 14.3 Å². The van der Waals surface area contributed by atoms with Gasteiger partial charge in [-0.2, -0.15) is 0 Å². The summed E-state index contributed by atoms with van der Waals surface area (Å²) in [4.78, 5) is 35.0. The van der Waals surface area contributed by atoms with Crippen LogP contribution in [0.5, 0.6) is 0 Å². The number of anilines is 2. The lowest BCUT2D eigenvalue weighted by molar-refractivity contribution is 0.0529. The van der Waals surface area contributed by atoms with Crippen LogP contribution in [0.4, 0.5) is 10.8 Å². The Bertz CT molecular complexity index is 1070. The number of nitrogens with zero attached hydrogens (tertiary/aromatic N) is 2. The van der Waals surface area contributed by atoms with Crippen molar-refractivity contribution in [2.75, 3.05) is 11.9 Å². The van der Waals surface area contributed by atoms with Gasteiger partial charge in [0.1, 0.15) is 22.0 Å². The molecule has 0 saturated heterocycles. The lowest BCUT2D eigenvalue weighted by atomic mass is 9.88. The molecule has 3 heterocycles. The van der Waals surface area contributed by atoms with Crippen LogP contribution in [0, 0.1) is 5.92 Å². The Labute approximate surface area is 169 Å². The van der Waals surface area contributed by atoms with E-state index in [4.69, 9.17) is 10.5 Å². The van der Waals surface area contributed by atoms with E-state index in [1.807, 2.05) is 0 Å². The van der Waals surface area contributed by atoms with Gasteiger partial charge in [0.05, 0.1) is 23.1 Å². The summed E-state index contributed by atoms with van der Waals surface area (Å²) < 4.78 is 5.15. The highest BCUT2D eigenvalue weighted by Crippen LogP contribution is 2.41. The zero-order valence-electron chi connectivity index (χ0n) is 15.6.